The average molecular weight is 176 g/mol. The SMILES string of the molecule is O=C(O)Cc1coc2ccccc12. The van der Waals surface area contributed by atoms with E-state index in [0.29, 0.717) is 0 Å². The van der Waals surface area contributed by atoms with Gasteiger partial charge in [0.25, 0.3) is 0 Å². The summed E-state index contributed by atoms with van der Waals surface area (Å²) in [5.74, 6) is -0.841. The van der Waals surface area contributed by atoms with Gasteiger partial charge in [0.1, 0.15) is 5.58 Å². The molecular formula is C10H8O3. The molecule has 0 atom stereocenters. The van der Waals surface area contributed by atoms with Crippen LogP contribution in [0.1, 0.15) is 5.56 Å². The Hall–Kier alpha value is -1.77. The number of hydrogen-bond donors (Lipinski definition) is 1. The summed E-state index contributed by atoms with van der Waals surface area (Å²) in [5, 5.41) is 9.48. The van der Waals surface area contributed by atoms with E-state index in [1.165, 1.54) is 6.26 Å². The van der Waals surface area contributed by atoms with E-state index >= 15 is 0 Å². The molecule has 3 heteroatoms. The number of carboxylic acid groups (broad SMARTS) is 1. The van der Waals surface area contributed by atoms with Gasteiger partial charge in [-0.3, -0.25) is 4.79 Å². The van der Waals surface area contributed by atoms with Crippen LogP contribution in [-0.2, 0) is 11.2 Å². The Balaban J connectivity index is 2.51. The fourth-order valence-corrected chi connectivity index (χ4v) is 1.33. The second kappa shape index (κ2) is 2.94. The summed E-state index contributed by atoms with van der Waals surface area (Å²) in [6.45, 7) is 0. The lowest BCUT2D eigenvalue weighted by molar-refractivity contribution is -0.136. The van der Waals surface area contributed by atoms with E-state index < -0.39 is 5.97 Å². The topological polar surface area (TPSA) is 50.4 Å². The van der Waals surface area contributed by atoms with E-state index in [9.17, 15) is 4.79 Å². The summed E-state index contributed by atoms with van der Waals surface area (Å²) in [5.41, 5.74) is 1.46. The number of fused-ring (bicyclic) bond motifs is 1. The summed E-state index contributed by atoms with van der Waals surface area (Å²) >= 11 is 0. The van der Waals surface area contributed by atoms with Crippen molar-refractivity contribution in [2.24, 2.45) is 0 Å². The predicted octanol–water partition coefficient (Wildman–Crippen LogP) is 2.06. The largest absolute Gasteiger partial charge is 0.481 e. The third-order valence-electron chi connectivity index (χ3n) is 1.90. The molecule has 0 spiro atoms. The van der Waals surface area contributed by atoms with Crippen LogP contribution in [0.5, 0.6) is 0 Å². The maximum Gasteiger partial charge on any atom is 0.307 e. The van der Waals surface area contributed by atoms with Crippen LogP contribution in [0.3, 0.4) is 0 Å². The number of benzene rings is 1. The molecule has 1 heterocycles. The molecule has 1 aromatic carbocycles. The third kappa shape index (κ3) is 1.40. The zero-order valence-corrected chi connectivity index (χ0v) is 6.86. The van der Waals surface area contributed by atoms with E-state index in [4.69, 9.17) is 9.52 Å². The fourth-order valence-electron chi connectivity index (χ4n) is 1.33. The van der Waals surface area contributed by atoms with E-state index in [0.717, 1.165) is 16.5 Å². The number of hydrogen-bond acceptors (Lipinski definition) is 2. The highest BCUT2D eigenvalue weighted by atomic mass is 16.4. The van der Waals surface area contributed by atoms with Gasteiger partial charge in [0.2, 0.25) is 0 Å². The van der Waals surface area contributed by atoms with Gasteiger partial charge >= 0.3 is 5.97 Å². The van der Waals surface area contributed by atoms with Gasteiger partial charge in [-0.05, 0) is 6.07 Å². The number of carbonyl (C=O) groups is 1. The van der Waals surface area contributed by atoms with Crippen molar-refractivity contribution in [3.05, 3.63) is 36.1 Å². The Morgan fingerprint density at radius 3 is 2.92 bits per heavy atom. The smallest absolute Gasteiger partial charge is 0.307 e. The molecule has 2 aromatic rings. The molecule has 0 radical (unpaired) electrons. The maximum atomic E-state index is 10.5. The minimum atomic E-state index is -0.841. The van der Waals surface area contributed by atoms with Crippen molar-refractivity contribution in [3.63, 3.8) is 0 Å². The highest BCUT2D eigenvalue weighted by Crippen LogP contribution is 2.20. The molecule has 0 aliphatic rings. The molecule has 0 unspecified atom stereocenters. The van der Waals surface area contributed by atoms with Crippen molar-refractivity contribution >= 4 is 16.9 Å². The van der Waals surface area contributed by atoms with Crippen LogP contribution in [0.25, 0.3) is 11.0 Å². The van der Waals surface area contributed by atoms with Crippen molar-refractivity contribution in [3.8, 4) is 0 Å². The molecule has 0 saturated carbocycles. The number of aliphatic carboxylic acids is 1. The molecule has 1 aromatic heterocycles. The van der Waals surface area contributed by atoms with Gasteiger partial charge in [-0.2, -0.15) is 0 Å². The summed E-state index contributed by atoms with van der Waals surface area (Å²) in [7, 11) is 0. The lowest BCUT2D eigenvalue weighted by Gasteiger charge is -1.90. The normalized spacial score (nSPS) is 10.5. The van der Waals surface area contributed by atoms with E-state index in [1.54, 1.807) is 0 Å². The Morgan fingerprint density at radius 1 is 1.38 bits per heavy atom. The van der Waals surface area contributed by atoms with E-state index in [2.05, 4.69) is 0 Å². The first-order chi connectivity index (χ1) is 6.27. The molecule has 2 rings (SSSR count). The van der Waals surface area contributed by atoms with E-state index in [-0.39, 0.29) is 6.42 Å². The third-order valence-corrected chi connectivity index (χ3v) is 1.90. The molecule has 66 valence electrons. The van der Waals surface area contributed by atoms with Crippen molar-refractivity contribution in [1.29, 1.82) is 0 Å². The molecule has 0 aliphatic heterocycles. The first-order valence-electron chi connectivity index (χ1n) is 3.94. The number of furan rings is 1. The molecule has 1 N–H and O–H groups in total. The highest BCUT2D eigenvalue weighted by Gasteiger charge is 2.07. The van der Waals surface area contributed by atoms with Crippen molar-refractivity contribution < 1.29 is 14.3 Å². The minimum absolute atomic E-state index is 0.0109. The highest BCUT2D eigenvalue weighted by molar-refractivity contribution is 5.85. The van der Waals surface area contributed by atoms with Gasteiger partial charge in [-0.15, -0.1) is 0 Å². The van der Waals surface area contributed by atoms with Crippen molar-refractivity contribution in [2.75, 3.05) is 0 Å². The molecular weight excluding hydrogens is 168 g/mol. The fraction of sp³-hybridized carbons (Fsp3) is 0.100. The van der Waals surface area contributed by atoms with Gasteiger partial charge in [0, 0.05) is 10.9 Å². The van der Waals surface area contributed by atoms with Crippen LogP contribution in [0.4, 0.5) is 0 Å². The second-order valence-corrected chi connectivity index (χ2v) is 2.83. The first kappa shape index (κ1) is 7.86. The zero-order valence-electron chi connectivity index (χ0n) is 6.86. The number of carboxylic acids is 1. The average Bonchev–Trinajstić information content (AvgIpc) is 2.48. The number of rotatable bonds is 2. The van der Waals surface area contributed by atoms with Gasteiger partial charge < -0.3 is 9.52 Å². The molecule has 0 bridgehead atoms. The Labute approximate surface area is 74.6 Å². The molecule has 13 heavy (non-hydrogen) atoms. The van der Waals surface area contributed by atoms with Crippen LogP contribution in [-0.4, -0.2) is 11.1 Å². The summed E-state index contributed by atoms with van der Waals surface area (Å²) in [6.07, 6.45) is 1.51. The summed E-state index contributed by atoms with van der Waals surface area (Å²) < 4.78 is 5.19. The van der Waals surface area contributed by atoms with E-state index in [1.807, 2.05) is 24.3 Å². The van der Waals surface area contributed by atoms with Crippen LogP contribution in [0.15, 0.2) is 34.9 Å². The Morgan fingerprint density at radius 2 is 2.15 bits per heavy atom. The van der Waals surface area contributed by atoms with Crippen LogP contribution < -0.4 is 0 Å². The van der Waals surface area contributed by atoms with Crippen molar-refractivity contribution in [2.45, 2.75) is 6.42 Å². The standard InChI is InChI=1S/C10H8O3/c11-10(12)5-7-6-13-9-4-2-1-3-8(7)9/h1-4,6H,5H2,(H,11,12). The monoisotopic (exact) mass is 176 g/mol. The first-order valence-corrected chi connectivity index (χ1v) is 3.94. The maximum absolute atomic E-state index is 10.5. The van der Waals surface area contributed by atoms with Crippen LogP contribution >= 0.6 is 0 Å². The Bertz CT molecular complexity index is 442. The van der Waals surface area contributed by atoms with Crippen LogP contribution in [0, 0.1) is 0 Å². The van der Waals surface area contributed by atoms with Gasteiger partial charge in [0.05, 0.1) is 12.7 Å². The lowest BCUT2D eigenvalue weighted by Crippen LogP contribution is -1.98. The van der Waals surface area contributed by atoms with Crippen molar-refractivity contribution in [1.82, 2.24) is 0 Å². The summed E-state index contributed by atoms with van der Waals surface area (Å²) in [4.78, 5) is 10.5. The molecule has 3 nitrogen and oxygen atoms in total. The van der Waals surface area contributed by atoms with Gasteiger partial charge in [-0.25, -0.2) is 0 Å². The van der Waals surface area contributed by atoms with Gasteiger partial charge in [-0.1, -0.05) is 18.2 Å². The zero-order chi connectivity index (χ0) is 9.26. The molecule has 0 aliphatic carbocycles. The lowest BCUT2D eigenvalue weighted by atomic mass is 10.1. The van der Waals surface area contributed by atoms with Crippen LogP contribution in [0.2, 0.25) is 0 Å². The summed E-state index contributed by atoms with van der Waals surface area (Å²) in [6, 6.07) is 7.40. The Kier molecular flexibility index (Phi) is 1.77. The minimum Gasteiger partial charge on any atom is -0.481 e. The number of para-hydroxylation sites is 1. The van der Waals surface area contributed by atoms with Gasteiger partial charge in [0.15, 0.2) is 0 Å². The molecule has 0 saturated heterocycles. The molecule has 0 fully saturated rings. The quantitative estimate of drug-likeness (QED) is 0.761. The second-order valence-electron chi connectivity index (χ2n) is 2.83. The molecule has 0 amide bonds. The predicted molar refractivity (Wildman–Crippen MR) is 47.6 cm³/mol.